The molecule has 1 aromatic rings. The summed E-state index contributed by atoms with van der Waals surface area (Å²) >= 11 is 0. The van der Waals surface area contributed by atoms with Crippen molar-refractivity contribution in [1.29, 1.82) is 0 Å². The summed E-state index contributed by atoms with van der Waals surface area (Å²) in [5.41, 5.74) is 0. The minimum absolute atomic E-state index is 0.0822. The summed E-state index contributed by atoms with van der Waals surface area (Å²) in [5, 5.41) is 11.9. The molecule has 1 atom stereocenters. The molecule has 0 aliphatic heterocycles. The molecule has 0 fully saturated rings. The average Bonchev–Trinajstić information content (AvgIpc) is 2.29. The largest absolute Gasteiger partial charge is 0.396 e. The molecule has 1 unspecified atom stereocenters. The van der Waals surface area contributed by atoms with Crippen molar-refractivity contribution in [2.45, 2.75) is 24.3 Å². The van der Waals surface area contributed by atoms with Gasteiger partial charge in [0.05, 0.1) is 0 Å². The quantitative estimate of drug-likeness (QED) is 0.789. The van der Waals surface area contributed by atoms with Crippen molar-refractivity contribution in [2.24, 2.45) is 0 Å². The van der Waals surface area contributed by atoms with E-state index in [0.29, 0.717) is 12.2 Å². The summed E-state index contributed by atoms with van der Waals surface area (Å²) in [6, 6.07) is 3.21. The highest BCUT2D eigenvalue weighted by Gasteiger charge is 2.17. The molecule has 0 aromatic carbocycles. The summed E-state index contributed by atoms with van der Waals surface area (Å²) in [7, 11) is -0.475. The first kappa shape index (κ1) is 14.9. The third-order valence-electron chi connectivity index (χ3n) is 2.47. The van der Waals surface area contributed by atoms with Gasteiger partial charge in [-0.05, 0) is 25.5 Å². The van der Waals surface area contributed by atoms with Crippen molar-refractivity contribution < 1.29 is 13.5 Å². The topological polar surface area (TPSA) is 82.5 Å². The zero-order chi connectivity index (χ0) is 13.8. The van der Waals surface area contributed by atoms with E-state index in [9.17, 15) is 8.42 Å². The molecule has 0 bridgehead atoms. The molecular formula is C11H19N3O3S. The maximum absolute atomic E-state index is 11.8. The molecule has 18 heavy (non-hydrogen) atoms. The fourth-order valence-corrected chi connectivity index (χ4v) is 2.19. The Morgan fingerprint density at radius 3 is 2.56 bits per heavy atom. The highest BCUT2D eigenvalue weighted by molar-refractivity contribution is 7.89. The monoisotopic (exact) mass is 273 g/mol. The van der Waals surface area contributed by atoms with Crippen LogP contribution >= 0.6 is 0 Å². The summed E-state index contributed by atoms with van der Waals surface area (Å²) in [6.07, 6.45) is 1.93. The molecule has 7 heteroatoms. The fraction of sp³-hybridized carbons (Fsp3) is 0.545. The van der Waals surface area contributed by atoms with Crippen LogP contribution < -0.4 is 5.32 Å². The van der Waals surface area contributed by atoms with Crippen molar-refractivity contribution >= 4 is 15.8 Å². The number of anilines is 1. The smallest absolute Gasteiger partial charge is 0.244 e. The number of sulfonamides is 1. The van der Waals surface area contributed by atoms with Crippen LogP contribution in [-0.2, 0) is 10.0 Å². The zero-order valence-electron chi connectivity index (χ0n) is 10.8. The van der Waals surface area contributed by atoms with Crippen LogP contribution in [0.3, 0.4) is 0 Å². The predicted octanol–water partition coefficient (Wildman–Crippen LogP) is 0.515. The molecule has 102 valence electrons. The van der Waals surface area contributed by atoms with E-state index in [1.54, 1.807) is 6.07 Å². The van der Waals surface area contributed by atoms with Gasteiger partial charge in [0.1, 0.15) is 10.7 Å². The molecule has 0 radical (unpaired) electrons. The Kier molecular flexibility index (Phi) is 5.06. The number of nitrogens with zero attached hydrogens (tertiary/aromatic N) is 2. The first-order chi connectivity index (χ1) is 8.37. The first-order valence-electron chi connectivity index (χ1n) is 5.64. The van der Waals surface area contributed by atoms with Crippen molar-refractivity contribution in [3.05, 3.63) is 18.3 Å². The fourth-order valence-electron chi connectivity index (χ4n) is 1.35. The lowest BCUT2D eigenvalue weighted by Gasteiger charge is -2.14. The van der Waals surface area contributed by atoms with E-state index >= 15 is 0 Å². The second-order valence-corrected chi connectivity index (χ2v) is 6.38. The Balaban J connectivity index is 2.81. The lowest BCUT2D eigenvalue weighted by molar-refractivity contribution is 0.282. The molecule has 2 N–H and O–H groups in total. The van der Waals surface area contributed by atoms with Crippen molar-refractivity contribution in [3.8, 4) is 0 Å². The third-order valence-corrected chi connectivity index (χ3v) is 4.27. The Morgan fingerprint density at radius 1 is 1.44 bits per heavy atom. The van der Waals surface area contributed by atoms with Crippen LogP contribution in [0.2, 0.25) is 0 Å². The summed E-state index contributed by atoms with van der Waals surface area (Å²) < 4.78 is 24.7. The Morgan fingerprint density at radius 2 is 2.11 bits per heavy atom. The second kappa shape index (κ2) is 6.12. The molecule has 0 saturated carbocycles. The van der Waals surface area contributed by atoms with E-state index in [2.05, 4.69) is 10.3 Å². The van der Waals surface area contributed by atoms with E-state index in [0.717, 1.165) is 4.31 Å². The number of rotatable bonds is 6. The number of aromatic nitrogens is 1. The lowest BCUT2D eigenvalue weighted by atomic mass is 10.2. The van der Waals surface area contributed by atoms with Gasteiger partial charge < -0.3 is 10.4 Å². The summed E-state index contributed by atoms with van der Waals surface area (Å²) in [6.45, 7) is 2.02. The van der Waals surface area contributed by atoms with Gasteiger partial charge in [0.2, 0.25) is 10.0 Å². The Labute approximate surface area is 108 Å². The maximum atomic E-state index is 11.8. The average molecular weight is 273 g/mol. The molecule has 1 aromatic heterocycles. The molecule has 0 aliphatic carbocycles. The minimum atomic E-state index is -3.43. The first-order valence-corrected chi connectivity index (χ1v) is 7.08. The number of hydrogen-bond acceptors (Lipinski definition) is 5. The standard InChI is InChI=1S/C11H19N3O3S/c1-9(6-7-15)13-11-5-4-10(8-12-11)18(16,17)14(2)3/h4-5,8-9,15H,6-7H2,1-3H3,(H,12,13). The predicted molar refractivity (Wildman–Crippen MR) is 69.9 cm³/mol. The van der Waals surface area contributed by atoms with Gasteiger partial charge >= 0.3 is 0 Å². The van der Waals surface area contributed by atoms with E-state index in [1.165, 1.54) is 26.4 Å². The van der Waals surface area contributed by atoms with E-state index < -0.39 is 10.0 Å². The van der Waals surface area contributed by atoms with Gasteiger partial charge in [-0.25, -0.2) is 17.7 Å². The number of pyridine rings is 1. The number of nitrogens with one attached hydrogen (secondary N) is 1. The van der Waals surface area contributed by atoms with Crippen molar-refractivity contribution in [1.82, 2.24) is 9.29 Å². The minimum Gasteiger partial charge on any atom is -0.396 e. The maximum Gasteiger partial charge on any atom is 0.244 e. The number of aliphatic hydroxyl groups is 1. The van der Waals surface area contributed by atoms with Gasteiger partial charge in [0.25, 0.3) is 0 Å². The lowest BCUT2D eigenvalue weighted by Crippen LogP contribution is -2.22. The number of hydrogen-bond donors (Lipinski definition) is 2. The molecule has 0 aliphatic rings. The summed E-state index contributed by atoms with van der Waals surface area (Å²) in [5.74, 6) is 0.591. The molecule has 0 saturated heterocycles. The van der Waals surface area contributed by atoms with E-state index in [-0.39, 0.29) is 17.5 Å². The van der Waals surface area contributed by atoms with Gasteiger partial charge in [0.15, 0.2) is 0 Å². The molecule has 1 heterocycles. The van der Waals surface area contributed by atoms with Crippen molar-refractivity contribution in [3.63, 3.8) is 0 Å². The van der Waals surface area contributed by atoms with Crippen LogP contribution in [-0.4, -0.2) is 49.6 Å². The summed E-state index contributed by atoms with van der Waals surface area (Å²) in [4.78, 5) is 4.21. The molecular weight excluding hydrogens is 254 g/mol. The molecule has 0 spiro atoms. The SMILES string of the molecule is CC(CCO)Nc1ccc(S(=O)(=O)N(C)C)cn1. The van der Waals surface area contributed by atoms with Gasteiger partial charge in [-0.15, -0.1) is 0 Å². The highest BCUT2D eigenvalue weighted by atomic mass is 32.2. The van der Waals surface area contributed by atoms with E-state index in [1.807, 2.05) is 6.92 Å². The van der Waals surface area contributed by atoms with Gasteiger partial charge in [-0.2, -0.15) is 0 Å². The van der Waals surface area contributed by atoms with Crippen LogP contribution in [0.1, 0.15) is 13.3 Å². The van der Waals surface area contributed by atoms with Gasteiger partial charge in [-0.3, -0.25) is 0 Å². The molecule has 0 amide bonds. The number of aliphatic hydroxyl groups excluding tert-OH is 1. The van der Waals surface area contributed by atoms with Crippen LogP contribution in [0.5, 0.6) is 0 Å². The van der Waals surface area contributed by atoms with Gasteiger partial charge in [0, 0.05) is 32.9 Å². The molecule has 6 nitrogen and oxygen atoms in total. The second-order valence-electron chi connectivity index (χ2n) is 4.22. The van der Waals surface area contributed by atoms with Gasteiger partial charge in [-0.1, -0.05) is 0 Å². The van der Waals surface area contributed by atoms with Crippen LogP contribution in [0.25, 0.3) is 0 Å². The normalized spacial score (nSPS) is 13.6. The third kappa shape index (κ3) is 3.66. The van der Waals surface area contributed by atoms with Crippen LogP contribution in [0.4, 0.5) is 5.82 Å². The highest BCUT2D eigenvalue weighted by Crippen LogP contribution is 2.14. The van der Waals surface area contributed by atoms with Crippen LogP contribution in [0.15, 0.2) is 23.2 Å². The zero-order valence-corrected chi connectivity index (χ0v) is 11.6. The Bertz CT molecular complexity index is 471. The Hall–Kier alpha value is -1.18. The molecule has 1 rings (SSSR count). The van der Waals surface area contributed by atoms with E-state index in [4.69, 9.17) is 5.11 Å². The van der Waals surface area contributed by atoms with Crippen molar-refractivity contribution in [2.75, 3.05) is 26.0 Å². The van der Waals surface area contributed by atoms with Crippen LogP contribution in [0, 0.1) is 0 Å².